The number of carbonyl (C=O) groups excluding carboxylic acids is 1. The summed E-state index contributed by atoms with van der Waals surface area (Å²) in [7, 11) is 1.25. The van der Waals surface area contributed by atoms with Crippen molar-refractivity contribution in [3.63, 3.8) is 0 Å². The fourth-order valence-electron chi connectivity index (χ4n) is 3.86. The van der Waals surface area contributed by atoms with Gasteiger partial charge < -0.3 is 19.1 Å². The molecule has 0 radical (unpaired) electrons. The molecule has 152 valence electrons. The third-order valence-corrected chi connectivity index (χ3v) is 5.24. The smallest absolute Gasteiger partial charge is 0.387 e. The third kappa shape index (κ3) is 3.54. The summed E-state index contributed by atoms with van der Waals surface area (Å²) in [5, 5.41) is 11.1. The molecular weight excluding hydrogens is 406 g/mol. The molecule has 4 rings (SSSR count). The second-order valence-corrected chi connectivity index (χ2v) is 7.14. The number of fused-ring (bicyclic) bond motifs is 3. The molecule has 0 spiro atoms. The van der Waals surface area contributed by atoms with Crippen LogP contribution in [0.15, 0.2) is 36.4 Å². The van der Waals surface area contributed by atoms with Crippen LogP contribution in [-0.2, 0) is 16.0 Å². The van der Waals surface area contributed by atoms with E-state index < -0.39 is 24.7 Å². The number of hydrogen-bond acceptors (Lipinski definition) is 5. The molecule has 0 saturated heterocycles. The van der Waals surface area contributed by atoms with Crippen LogP contribution in [0.4, 0.5) is 8.78 Å². The maximum Gasteiger partial charge on any atom is 0.387 e. The van der Waals surface area contributed by atoms with Crippen molar-refractivity contribution in [3.05, 3.63) is 58.4 Å². The van der Waals surface area contributed by atoms with E-state index in [2.05, 4.69) is 4.98 Å². The summed E-state index contributed by atoms with van der Waals surface area (Å²) >= 11 is 6.14. The zero-order valence-electron chi connectivity index (χ0n) is 15.3. The van der Waals surface area contributed by atoms with E-state index in [4.69, 9.17) is 21.1 Å². The second-order valence-electron chi connectivity index (χ2n) is 6.70. The van der Waals surface area contributed by atoms with Crippen LogP contribution in [0.25, 0.3) is 11.0 Å². The molecule has 0 saturated carbocycles. The van der Waals surface area contributed by atoms with Crippen molar-refractivity contribution in [2.45, 2.75) is 31.6 Å². The van der Waals surface area contributed by atoms with E-state index >= 15 is 0 Å². The molecule has 0 bridgehead atoms. The number of aliphatic hydroxyl groups is 1. The SMILES string of the molecule is COC(=O)Cc1cccc(OC(F)F)c1[C@H]1C[C@H](O)c2nc3ccc(Cl)cc3n21. The number of hydrogen-bond donors (Lipinski definition) is 1. The number of esters is 1. The monoisotopic (exact) mass is 422 g/mol. The van der Waals surface area contributed by atoms with Gasteiger partial charge in [-0.25, -0.2) is 4.98 Å². The Labute approximate surface area is 169 Å². The Morgan fingerprint density at radius 3 is 2.90 bits per heavy atom. The van der Waals surface area contributed by atoms with Crippen LogP contribution in [-0.4, -0.2) is 34.3 Å². The molecule has 2 atom stereocenters. The van der Waals surface area contributed by atoms with E-state index in [1.807, 2.05) is 0 Å². The molecule has 0 amide bonds. The van der Waals surface area contributed by atoms with Gasteiger partial charge in [0.05, 0.1) is 30.6 Å². The van der Waals surface area contributed by atoms with Gasteiger partial charge >= 0.3 is 12.6 Å². The lowest BCUT2D eigenvalue weighted by Crippen LogP contribution is -2.15. The van der Waals surface area contributed by atoms with Crippen molar-refractivity contribution in [2.75, 3.05) is 7.11 Å². The van der Waals surface area contributed by atoms with Crippen LogP contribution in [0, 0.1) is 0 Å². The molecule has 3 aromatic rings. The Morgan fingerprint density at radius 1 is 1.38 bits per heavy atom. The van der Waals surface area contributed by atoms with Gasteiger partial charge in [-0.2, -0.15) is 8.78 Å². The Balaban J connectivity index is 1.92. The lowest BCUT2D eigenvalue weighted by atomic mass is 9.94. The number of methoxy groups -OCH3 is 1. The van der Waals surface area contributed by atoms with Gasteiger partial charge in [-0.15, -0.1) is 0 Å². The van der Waals surface area contributed by atoms with Gasteiger partial charge in [0.1, 0.15) is 17.7 Å². The first kappa shape index (κ1) is 19.6. The standard InChI is InChI=1S/C20H17ClF2N2O4/c1-28-17(27)7-10-3-2-4-16(29-20(22)23)18(10)14-9-15(26)19-24-12-6-5-11(21)8-13(12)25(14)19/h2-6,8,14-15,20,26H,7,9H2,1H3/t14-,15+/m1/s1. The normalized spacial score (nSPS) is 18.3. The van der Waals surface area contributed by atoms with Gasteiger partial charge in [-0.1, -0.05) is 23.7 Å². The molecular formula is C20H17ClF2N2O4. The average Bonchev–Trinajstić information content (AvgIpc) is 3.19. The zero-order chi connectivity index (χ0) is 20.7. The summed E-state index contributed by atoms with van der Waals surface area (Å²) < 4.78 is 37.4. The number of halogens is 3. The average molecular weight is 423 g/mol. The molecule has 0 unspecified atom stereocenters. The van der Waals surface area contributed by atoms with E-state index in [-0.39, 0.29) is 18.6 Å². The van der Waals surface area contributed by atoms with Gasteiger partial charge in [-0.05, 0) is 29.8 Å². The highest BCUT2D eigenvalue weighted by Gasteiger charge is 2.37. The van der Waals surface area contributed by atoms with Crippen LogP contribution in [0.5, 0.6) is 5.75 Å². The van der Waals surface area contributed by atoms with Crippen molar-refractivity contribution in [3.8, 4) is 5.75 Å². The first-order valence-corrected chi connectivity index (χ1v) is 9.25. The number of nitrogens with zero attached hydrogens (tertiary/aromatic N) is 2. The fraction of sp³-hybridized carbons (Fsp3) is 0.300. The lowest BCUT2D eigenvalue weighted by molar-refractivity contribution is -0.139. The van der Waals surface area contributed by atoms with Gasteiger partial charge in [0.25, 0.3) is 0 Å². The number of ether oxygens (including phenoxy) is 2. The molecule has 0 aliphatic carbocycles. The summed E-state index contributed by atoms with van der Waals surface area (Å²) in [6.07, 6.45) is -0.832. The quantitative estimate of drug-likeness (QED) is 0.628. The highest BCUT2D eigenvalue weighted by atomic mass is 35.5. The highest BCUT2D eigenvalue weighted by Crippen LogP contribution is 2.45. The number of aromatic nitrogens is 2. The summed E-state index contributed by atoms with van der Waals surface area (Å²) in [4.78, 5) is 16.4. The summed E-state index contributed by atoms with van der Waals surface area (Å²) in [5.74, 6) is -0.170. The Bertz CT molecular complexity index is 1090. The predicted octanol–water partition coefficient (Wildman–Crippen LogP) is 4.03. The minimum Gasteiger partial charge on any atom is -0.469 e. The topological polar surface area (TPSA) is 73.6 Å². The van der Waals surface area contributed by atoms with Crippen LogP contribution in [0.3, 0.4) is 0 Å². The predicted molar refractivity (Wildman–Crippen MR) is 101 cm³/mol. The molecule has 1 aromatic heterocycles. The van der Waals surface area contributed by atoms with E-state index in [1.165, 1.54) is 19.2 Å². The minimum absolute atomic E-state index is 0.0599. The third-order valence-electron chi connectivity index (χ3n) is 5.00. The highest BCUT2D eigenvalue weighted by molar-refractivity contribution is 6.31. The first-order valence-electron chi connectivity index (χ1n) is 8.88. The summed E-state index contributed by atoms with van der Waals surface area (Å²) in [5.41, 5.74) is 2.14. The van der Waals surface area contributed by atoms with Crippen LogP contribution in [0.2, 0.25) is 5.02 Å². The molecule has 29 heavy (non-hydrogen) atoms. The second kappa shape index (κ2) is 7.61. The lowest BCUT2D eigenvalue weighted by Gasteiger charge is -2.22. The Morgan fingerprint density at radius 2 is 2.17 bits per heavy atom. The molecule has 9 heteroatoms. The van der Waals surface area contributed by atoms with Crippen molar-refractivity contribution < 1.29 is 28.2 Å². The summed E-state index contributed by atoms with van der Waals surface area (Å²) in [6, 6.07) is 9.15. The maximum atomic E-state index is 13.1. The van der Waals surface area contributed by atoms with Gasteiger partial charge in [0.15, 0.2) is 0 Å². The van der Waals surface area contributed by atoms with E-state index in [0.717, 1.165) is 0 Å². The van der Waals surface area contributed by atoms with Crippen molar-refractivity contribution in [1.29, 1.82) is 0 Å². The molecule has 2 aromatic carbocycles. The van der Waals surface area contributed by atoms with Gasteiger partial charge in [0.2, 0.25) is 0 Å². The van der Waals surface area contributed by atoms with Crippen LogP contribution in [0.1, 0.15) is 35.5 Å². The summed E-state index contributed by atoms with van der Waals surface area (Å²) in [6.45, 7) is -3.04. The molecule has 6 nitrogen and oxygen atoms in total. The van der Waals surface area contributed by atoms with Crippen molar-refractivity contribution >= 4 is 28.6 Å². The van der Waals surface area contributed by atoms with E-state index in [9.17, 15) is 18.7 Å². The minimum atomic E-state index is -3.04. The van der Waals surface area contributed by atoms with E-state index in [0.29, 0.717) is 33.0 Å². The number of rotatable bonds is 5. The maximum absolute atomic E-state index is 13.1. The molecule has 2 heterocycles. The molecule has 1 N–H and O–H groups in total. The number of benzene rings is 2. The zero-order valence-corrected chi connectivity index (χ0v) is 16.1. The van der Waals surface area contributed by atoms with Gasteiger partial charge in [0, 0.05) is 17.0 Å². The number of carbonyl (C=O) groups is 1. The first-order chi connectivity index (χ1) is 13.9. The molecule has 1 aliphatic rings. The van der Waals surface area contributed by atoms with Crippen molar-refractivity contribution in [2.24, 2.45) is 0 Å². The molecule has 1 aliphatic heterocycles. The van der Waals surface area contributed by atoms with Crippen LogP contribution >= 0.6 is 11.6 Å². The fourth-order valence-corrected chi connectivity index (χ4v) is 4.03. The van der Waals surface area contributed by atoms with Gasteiger partial charge in [-0.3, -0.25) is 4.79 Å². The molecule has 0 fully saturated rings. The number of alkyl halides is 2. The Kier molecular flexibility index (Phi) is 5.14. The van der Waals surface area contributed by atoms with Crippen molar-refractivity contribution in [1.82, 2.24) is 9.55 Å². The Hall–Kier alpha value is -2.71. The largest absolute Gasteiger partial charge is 0.469 e. The van der Waals surface area contributed by atoms with E-state index in [1.54, 1.807) is 28.8 Å². The number of imidazole rings is 1. The number of aliphatic hydroxyl groups excluding tert-OH is 1. The van der Waals surface area contributed by atoms with Crippen LogP contribution < -0.4 is 4.74 Å².